The topological polar surface area (TPSA) is 41.8 Å². The fraction of sp³-hybridized carbons (Fsp3) is 0.417. The van der Waals surface area contributed by atoms with Crippen molar-refractivity contribution in [3.63, 3.8) is 0 Å². The molecule has 1 fully saturated rings. The van der Waals surface area contributed by atoms with Crippen molar-refractivity contribution in [3.8, 4) is 0 Å². The van der Waals surface area contributed by atoms with Crippen LogP contribution in [-0.4, -0.2) is 23.0 Å². The fourth-order valence-electron chi connectivity index (χ4n) is 2.46. The molecule has 0 aromatic heterocycles. The first kappa shape index (κ1) is 8.92. The molecule has 0 unspecified atom stereocenters. The van der Waals surface area contributed by atoms with Crippen LogP contribution < -0.4 is 0 Å². The summed E-state index contributed by atoms with van der Waals surface area (Å²) in [5, 5.41) is 14.0. The number of aliphatic hydroxyl groups excluding tert-OH is 1. The summed E-state index contributed by atoms with van der Waals surface area (Å²) in [7, 11) is 0. The number of rotatable bonds is 1. The predicted octanol–water partition coefficient (Wildman–Crippen LogP) is 1.56. The molecular weight excluding hydrogens is 190 g/mol. The molecule has 0 spiro atoms. The number of nitrogens with zero attached hydrogens (tertiary/aromatic N) is 1. The summed E-state index contributed by atoms with van der Waals surface area (Å²) in [4.78, 5) is 5.34. The highest BCUT2D eigenvalue weighted by Gasteiger charge is 2.44. The van der Waals surface area contributed by atoms with Gasteiger partial charge in [-0.05, 0) is 18.4 Å². The molecular formula is C12H13NO2. The van der Waals surface area contributed by atoms with Gasteiger partial charge in [0.15, 0.2) is 0 Å². The largest absolute Gasteiger partial charge is 0.392 e. The van der Waals surface area contributed by atoms with Gasteiger partial charge in [0.1, 0.15) is 6.10 Å². The molecule has 1 aliphatic carbocycles. The molecule has 0 radical (unpaired) electrons. The van der Waals surface area contributed by atoms with Gasteiger partial charge in [-0.2, -0.15) is 0 Å². The van der Waals surface area contributed by atoms with Crippen LogP contribution in [0.15, 0.2) is 35.5 Å². The zero-order valence-electron chi connectivity index (χ0n) is 8.34. The second-order valence-corrected chi connectivity index (χ2v) is 4.16. The third-order valence-electron chi connectivity index (χ3n) is 3.23. The Bertz CT molecular complexity index is 388. The minimum absolute atomic E-state index is 0.0763. The lowest BCUT2D eigenvalue weighted by Crippen LogP contribution is -2.27. The molecule has 1 aliphatic heterocycles. The second kappa shape index (κ2) is 3.35. The van der Waals surface area contributed by atoms with Gasteiger partial charge in [0.25, 0.3) is 0 Å². The smallest absolute Gasteiger partial charge is 0.138 e. The van der Waals surface area contributed by atoms with Crippen molar-refractivity contribution >= 4 is 5.71 Å². The normalized spacial score (nSPS) is 33.4. The van der Waals surface area contributed by atoms with Crippen molar-refractivity contribution in [2.75, 3.05) is 0 Å². The first-order chi connectivity index (χ1) is 7.36. The number of hydrogen-bond acceptors (Lipinski definition) is 3. The molecule has 0 bridgehead atoms. The Balaban J connectivity index is 1.95. The first-order valence-corrected chi connectivity index (χ1v) is 5.33. The van der Waals surface area contributed by atoms with Gasteiger partial charge in [0.2, 0.25) is 0 Å². The van der Waals surface area contributed by atoms with Crippen molar-refractivity contribution in [2.45, 2.75) is 25.0 Å². The van der Waals surface area contributed by atoms with Crippen molar-refractivity contribution < 1.29 is 9.94 Å². The second-order valence-electron chi connectivity index (χ2n) is 4.16. The van der Waals surface area contributed by atoms with Crippen LogP contribution in [0.1, 0.15) is 18.4 Å². The van der Waals surface area contributed by atoms with Crippen molar-refractivity contribution in [2.24, 2.45) is 11.1 Å². The highest BCUT2D eigenvalue weighted by Crippen LogP contribution is 2.36. The van der Waals surface area contributed by atoms with E-state index in [9.17, 15) is 5.11 Å². The molecule has 1 aromatic carbocycles. The van der Waals surface area contributed by atoms with E-state index in [4.69, 9.17) is 4.84 Å². The van der Waals surface area contributed by atoms with E-state index in [0.717, 1.165) is 24.1 Å². The van der Waals surface area contributed by atoms with Crippen LogP contribution in [0, 0.1) is 5.92 Å². The zero-order chi connectivity index (χ0) is 10.3. The summed E-state index contributed by atoms with van der Waals surface area (Å²) < 4.78 is 0. The Kier molecular flexibility index (Phi) is 1.99. The maximum absolute atomic E-state index is 9.87. The lowest BCUT2D eigenvalue weighted by Gasteiger charge is -2.13. The Hall–Kier alpha value is -1.35. The van der Waals surface area contributed by atoms with E-state index in [-0.39, 0.29) is 18.1 Å². The van der Waals surface area contributed by atoms with E-state index in [1.807, 2.05) is 30.3 Å². The molecule has 3 atom stereocenters. The number of benzene rings is 1. The molecule has 1 N–H and O–H groups in total. The van der Waals surface area contributed by atoms with Crippen LogP contribution in [0.5, 0.6) is 0 Å². The third-order valence-corrected chi connectivity index (χ3v) is 3.23. The number of fused-ring (bicyclic) bond motifs is 1. The lowest BCUT2D eigenvalue weighted by atomic mass is 9.93. The molecule has 1 saturated carbocycles. The Morgan fingerprint density at radius 1 is 1.20 bits per heavy atom. The molecule has 0 saturated heterocycles. The predicted molar refractivity (Wildman–Crippen MR) is 56.6 cm³/mol. The Labute approximate surface area is 88.4 Å². The van der Waals surface area contributed by atoms with Gasteiger partial charge in [-0.1, -0.05) is 35.5 Å². The first-order valence-electron chi connectivity index (χ1n) is 5.33. The van der Waals surface area contributed by atoms with E-state index in [1.165, 1.54) is 0 Å². The molecule has 0 amide bonds. The maximum Gasteiger partial charge on any atom is 0.138 e. The summed E-state index contributed by atoms with van der Waals surface area (Å²) in [5.41, 5.74) is 1.97. The average Bonchev–Trinajstić information content (AvgIpc) is 2.84. The van der Waals surface area contributed by atoms with Crippen molar-refractivity contribution in [1.82, 2.24) is 0 Å². The maximum atomic E-state index is 9.87. The highest BCUT2D eigenvalue weighted by molar-refractivity contribution is 6.03. The van der Waals surface area contributed by atoms with Gasteiger partial charge < -0.3 is 9.94 Å². The molecule has 2 aliphatic rings. The van der Waals surface area contributed by atoms with Gasteiger partial charge >= 0.3 is 0 Å². The summed E-state index contributed by atoms with van der Waals surface area (Å²) in [6.07, 6.45) is 1.53. The standard InChI is InChI=1S/C12H13NO2/c14-9-6-7-10-11(9)12(13-15-10)8-4-2-1-3-5-8/h1-5,9-11,14H,6-7H2/t9-,10-,11+/m1/s1. The number of aliphatic hydroxyl groups is 1. The lowest BCUT2D eigenvalue weighted by molar-refractivity contribution is 0.0583. The van der Waals surface area contributed by atoms with Crippen LogP contribution in [0.3, 0.4) is 0 Å². The van der Waals surface area contributed by atoms with Crippen LogP contribution in [0.2, 0.25) is 0 Å². The quantitative estimate of drug-likeness (QED) is 0.752. The minimum Gasteiger partial charge on any atom is -0.392 e. The molecule has 3 heteroatoms. The minimum atomic E-state index is -0.295. The van der Waals surface area contributed by atoms with Crippen LogP contribution >= 0.6 is 0 Å². The van der Waals surface area contributed by atoms with Gasteiger partial charge in [0, 0.05) is 0 Å². The molecule has 15 heavy (non-hydrogen) atoms. The van der Waals surface area contributed by atoms with Gasteiger partial charge in [-0.15, -0.1) is 0 Å². The van der Waals surface area contributed by atoms with Crippen LogP contribution in [0.4, 0.5) is 0 Å². The summed E-state index contributed by atoms with van der Waals surface area (Å²) in [6.45, 7) is 0. The van der Waals surface area contributed by atoms with Crippen LogP contribution in [-0.2, 0) is 4.84 Å². The molecule has 3 nitrogen and oxygen atoms in total. The van der Waals surface area contributed by atoms with Gasteiger partial charge in [0.05, 0.1) is 17.7 Å². The Morgan fingerprint density at radius 2 is 2.00 bits per heavy atom. The number of hydrogen-bond donors (Lipinski definition) is 1. The van der Waals surface area contributed by atoms with E-state index in [2.05, 4.69) is 5.16 Å². The van der Waals surface area contributed by atoms with E-state index in [0.29, 0.717) is 0 Å². The molecule has 3 rings (SSSR count). The van der Waals surface area contributed by atoms with E-state index >= 15 is 0 Å². The summed E-state index contributed by atoms with van der Waals surface area (Å²) >= 11 is 0. The van der Waals surface area contributed by atoms with Crippen LogP contribution in [0.25, 0.3) is 0 Å². The fourth-order valence-corrected chi connectivity index (χ4v) is 2.46. The molecule has 78 valence electrons. The van der Waals surface area contributed by atoms with E-state index in [1.54, 1.807) is 0 Å². The number of oxime groups is 1. The SMILES string of the molecule is O[C@@H]1CC[C@H]2ON=C(c3ccccc3)[C@@H]12. The zero-order valence-corrected chi connectivity index (χ0v) is 8.34. The van der Waals surface area contributed by atoms with Gasteiger partial charge in [-0.25, -0.2) is 0 Å². The molecule has 1 aromatic rings. The van der Waals surface area contributed by atoms with Crippen molar-refractivity contribution in [1.29, 1.82) is 0 Å². The third kappa shape index (κ3) is 1.35. The monoisotopic (exact) mass is 203 g/mol. The Morgan fingerprint density at radius 3 is 2.80 bits per heavy atom. The highest BCUT2D eigenvalue weighted by atomic mass is 16.6. The average molecular weight is 203 g/mol. The summed E-state index contributed by atoms with van der Waals surface area (Å²) in [6, 6.07) is 9.95. The van der Waals surface area contributed by atoms with E-state index < -0.39 is 0 Å². The molecule has 1 heterocycles. The summed E-state index contributed by atoms with van der Waals surface area (Å²) in [5.74, 6) is 0.0763. The van der Waals surface area contributed by atoms with Crippen molar-refractivity contribution in [3.05, 3.63) is 35.9 Å². The van der Waals surface area contributed by atoms with Gasteiger partial charge in [-0.3, -0.25) is 0 Å².